The van der Waals surface area contributed by atoms with E-state index < -0.39 is 0 Å². The van der Waals surface area contributed by atoms with Crippen LogP contribution in [0.1, 0.15) is 17.5 Å². The predicted molar refractivity (Wildman–Crippen MR) is 78.6 cm³/mol. The molecule has 1 aromatic carbocycles. The number of hydrogen-bond acceptors (Lipinski definition) is 3. The summed E-state index contributed by atoms with van der Waals surface area (Å²) in [5.74, 6) is 0.990. The van der Waals surface area contributed by atoms with E-state index in [0.717, 1.165) is 32.1 Å². The Morgan fingerprint density at radius 2 is 2.15 bits per heavy atom. The third kappa shape index (κ3) is 2.87. The van der Waals surface area contributed by atoms with Crippen molar-refractivity contribution in [3.8, 4) is 0 Å². The molecule has 5 heteroatoms. The number of nitrogens with zero attached hydrogens (tertiary/aromatic N) is 3. The molecule has 1 aromatic heterocycles. The van der Waals surface area contributed by atoms with Crippen LogP contribution in [0.5, 0.6) is 0 Å². The topological polar surface area (TPSA) is 30.3 Å². The van der Waals surface area contributed by atoms with Gasteiger partial charge in [-0.3, -0.25) is 4.90 Å². The van der Waals surface area contributed by atoms with E-state index in [1.165, 1.54) is 5.56 Å². The minimum absolute atomic E-state index is 0.140. The number of hydrogen-bond donors (Lipinski definition) is 0. The van der Waals surface area contributed by atoms with Crippen LogP contribution in [0.15, 0.2) is 36.5 Å². The van der Waals surface area contributed by atoms with E-state index in [4.69, 9.17) is 16.3 Å². The molecule has 0 saturated carbocycles. The number of ether oxygens (including phenoxy) is 1. The van der Waals surface area contributed by atoms with Gasteiger partial charge in [0.2, 0.25) is 0 Å². The van der Waals surface area contributed by atoms with Crippen molar-refractivity contribution in [2.24, 2.45) is 7.05 Å². The Hall–Kier alpha value is -1.36. The number of aromatic nitrogens is 2. The average Bonchev–Trinajstić information content (AvgIpc) is 2.81. The van der Waals surface area contributed by atoms with Gasteiger partial charge in [-0.05, 0) is 5.56 Å². The van der Waals surface area contributed by atoms with Crippen molar-refractivity contribution >= 4 is 11.6 Å². The third-order valence-corrected chi connectivity index (χ3v) is 4.07. The lowest BCUT2D eigenvalue weighted by molar-refractivity contribution is -0.0338. The molecule has 0 aliphatic carbocycles. The lowest BCUT2D eigenvalue weighted by Crippen LogP contribution is -2.38. The quantitative estimate of drug-likeness (QED) is 0.871. The van der Waals surface area contributed by atoms with Crippen LogP contribution in [0.4, 0.5) is 0 Å². The molecule has 0 unspecified atom stereocenters. The summed E-state index contributed by atoms with van der Waals surface area (Å²) in [6.07, 6.45) is 1.84. The molecule has 1 fully saturated rings. The summed E-state index contributed by atoms with van der Waals surface area (Å²) in [6.45, 7) is 3.36. The molecular formula is C15H18ClN3O. The first-order valence-electron chi connectivity index (χ1n) is 6.79. The first kappa shape index (κ1) is 13.6. The van der Waals surface area contributed by atoms with Crippen molar-refractivity contribution < 1.29 is 4.74 Å². The predicted octanol–water partition coefficient (Wildman–Crippen LogP) is 2.65. The van der Waals surface area contributed by atoms with E-state index in [1.54, 1.807) is 6.20 Å². The maximum Gasteiger partial charge on any atom is 0.128 e. The van der Waals surface area contributed by atoms with E-state index in [1.807, 2.05) is 17.7 Å². The van der Waals surface area contributed by atoms with Gasteiger partial charge in [0, 0.05) is 20.1 Å². The van der Waals surface area contributed by atoms with Crippen molar-refractivity contribution in [2.45, 2.75) is 12.6 Å². The van der Waals surface area contributed by atoms with Gasteiger partial charge in [-0.2, -0.15) is 0 Å². The Morgan fingerprint density at radius 3 is 2.85 bits per heavy atom. The molecule has 2 heterocycles. The number of imidazole rings is 1. The average molecular weight is 292 g/mol. The summed E-state index contributed by atoms with van der Waals surface area (Å²) < 4.78 is 7.80. The highest BCUT2D eigenvalue weighted by Gasteiger charge is 2.22. The first-order chi connectivity index (χ1) is 9.74. The van der Waals surface area contributed by atoms with E-state index in [9.17, 15) is 0 Å². The normalized spacial score (nSPS) is 20.2. The summed E-state index contributed by atoms with van der Waals surface area (Å²) in [5.41, 5.74) is 1.23. The molecule has 20 heavy (non-hydrogen) atoms. The zero-order valence-corrected chi connectivity index (χ0v) is 12.3. The van der Waals surface area contributed by atoms with Crippen LogP contribution < -0.4 is 0 Å². The van der Waals surface area contributed by atoms with Crippen molar-refractivity contribution in [2.75, 3.05) is 19.7 Å². The van der Waals surface area contributed by atoms with Gasteiger partial charge < -0.3 is 9.30 Å². The molecule has 1 aliphatic heterocycles. The second-order valence-electron chi connectivity index (χ2n) is 5.06. The van der Waals surface area contributed by atoms with Gasteiger partial charge in [0.25, 0.3) is 0 Å². The number of halogens is 1. The Labute approximate surface area is 123 Å². The van der Waals surface area contributed by atoms with Crippen molar-refractivity contribution in [3.05, 3.63) is 53.1 Å². The zero-order chi connectivity index (χ0) is 13.9. The van der Waals surface area contributed by atoms with Crippen LogP contribution in [-0.4, -0.2) is 34.1 Å². The fourth-order valence-corrected chi connectivity index (χ4v) is 2.63. The van der Waals surface area contributed by atoms with Crippen molar-refractivity contribution in [1.82, 2.24) is 14.5 Å². The van der Waals surface area contributed by atoms with Gasteiger partial charge in [-0.1, -0.05) is 41.9 Å². The van der Waals surface area contributed by atoms with Gasteiger partial charge in [0.05, 0.1) is 25.5 Å². The second-order valence-corrected chi connectivity index (χ2v) is 5.45. The fraction of sp³-hybridized carbons (Fsp3) is 0.400. The van der Waals surface area contributed by atoms with Gasteiger partial charge in [0.15, 0.2) is 0 Å². The van der Waals surface area contributed by atoms with Crippen LogP contribution in [0.3, 0.4) is 0 Å². The van der Waals surface area contributed by atoms with Crippen LogP contribution >= 0.6 is 11.6 Å². The van der Waals surface area contributed by atoms with E-state index >= 15 is 0 Å². The summed E-state index contributed by atoms with van der Waals surface area (Å²) in [6, 6.07) is 10.4. The summed E-state index contributed by atoms with van der Waals surface area (Å²) in [5, 5.41) is 0.674. The minimum Gasteiger partial charge on any atom is -0.371 e. The van der Waals surface area contributed by atoms with Crippen LogP contribution in [0.25, 0.3) is 0 Å². The third-order valence-electron chi connectivity index (χ3n) is 3.71. The molecule has 4 nitrogen and oxygen atoms in total. The van der Waals surface area contributed by atoms with Crippen LogP contribution in [0.2, 0.25) is 5.15 Å². The van der Waals surface area contributed by atoms with E-state index in [2.05, 4.69) is 34.1 Å². The Morgan fingerprint density at radius 1 is 1.35 bits per heavy atom. The number of rotatable bonds is 3. The number of morpholine rings is 1. The molecule has 0 amide bonds. The smallest absolute Gasteiger partial charge is 0.128 e. The standard InChI is InChI=1S/C15H18ClN3O/c1-18-14(16)9-17-15(18)11-19-7-8-20-13(10-19)12-5-3-2-4-6-12/h2-6,9,13H,7-8,10-11H2,1H3/t13-/m1/s1. The molecule has 0 spiro atoms. The Kier molecular flexibility index (Phi) is 4.05. The highest BCUT2D eigenvalue weighted by molar-refractivity contribution is 6.29. The van der Waals surface area contributed by atoms with Gasteiger partial charge in [-0.25, -0.2) is 4.98 Å². The molecule has 0 bridgehead atoms. The molecular weight excluding hydrogens is 274 g/mol. The molecule has 0 N–H and O–H groups in total. The van der Waals surface area contributed by atoms with Gasteiger partial charge >= 0.3 is 0 Å². The zero-order valence-electron chi connectivity index (χ0n) is 11.5. The maximum absolute atomic E-state index is 6.03. The van der Waals surface area contributed by atoms with Gasteiger partial charge in [-0.15, -0.1) is 0 Å². The molecule has 106 valence electrons. The Bertz CT molecular complexity index is 570. The first-order valence-corrected chi connectivity index (χ1v) is 7.17. The number of benzene rings is 1. The largest absolute Gasteiger partial charge is 0.371 e. The maximum atomic E-state index is 6.03. The van der Waals surface area contributed by atoms with E-state index in [-0.39, 0.29) is 6.10 Å². The highest BCUT2D eigenvalue weighted by Crippen LogP contribution is 2.23. The lowest BCUT2D eigenvalue weighted by atomic mass is 10.1. The van der Waals surface area contributed by atoms with Crippen LogP contribution in [0, 0.1) is 0 Å². The molecule has 1 aliphatic rings. The summed E-state index contributed by atoms with van der Waals surface area (Å²) >= 11 is 6.03. The highest BCUT2D eigenvalue weighted by atomic mass is 35.5. The van der Waals surface area contributed by atoms with E-state index in [0.29, 0.717) is 5.15 Å². The van der Waals surface area contributed by atoms with Crippen molar-refractivity contribution in [1.29, 1.82) is 0 Å². The summed E-state index contributed by atoms with van der Waals surface area (Å²) in [4.78, 5) is 6.72. The second kappa shape index (κ2) is 5.95. The minimum atomic E-state index is 0.140. The monoisotopic (exact) mass is 291 g/mol. The van der Waals surface area contributed by atoms with Gasteiger partial charge in [0.1, 0.15) is 11.0 Å². The SMILES string of the molecule is Cn1c(Cl)cnc1CN1CCO[C@@H](c2ccccc2)C1. The lowest BCUT2D eigenvalue weighted by Gasteiger charge is -2.32. The Balaban J connectivity index is 1.68. The van der Waals surface area contributed by atoms with Crippen molar-refractivity contribution in [3.63, 3.8) is 0 Å². The molecule has 2 aromatic rings. The molecule has 1 saturated heterocycles. The molecule has 1 atom stereocenters. The van der Waals surface area contributed by atoms with Crippen LogP contribution in [-0.2, 0) is 18.3 Å². The molecule has 0 radical (unpaired) electrons. The summed E-state index contributed by atoms with van der Waals surface area (Å²) in [7, 11) is 1.94. The fourth-order valence-electron chi connectivity index (χ4n) is 2.49. The molecule has 3 rings (SSSR count).